The van der Waals surface area contributed by atoms with Gasteiger partial charge in [-0.2, -0.15) is 0 Å². The Morgan fingerprint density at radius 1 is 1.32 bits per heavy atom. The Labute approximate surface area is 117 Å². The Hall–Kier alpha value is -0.770. The van der Waals surface area contributed by atoms with Gasteiger partial charge in [0.25, 0.3) is 0 Å². The summed E-state index contributed by atoms with van der Waals surface area (Å²) in [4.78, 5) is 7.08. The van der Waals surface area contributed by atoms with E-state index >= 15 is 0 Å². The molecule has 19 heavy (non-hydrogen) atoms. The quantitative estimate of drug-likeness (QED) is 0.591. The summed E-state index contributed by atoms with van der Waals surface area (Å²) in [6.07, 6.45) is 8.10. The van der Waals surface area contributed by atoms with Crippen LogP contribution in [0.5, 0.6) is 0 Å². The molecular weight excluding hydrogens is 236 g/mol. The first-order chi connectivity index (χ1) is 9.16. The van der Waals surface area contributed by atoms with Crippen molar-refractivity contribution in [2.24, 2.45) is 16.6 Å². The van der Waals surface area contributed by atoms with Gasteiger partial charge in [0.05, 0.1) is 6.54 Å². The lowest BCUT2D eigenvalue weighted by Gasteiger charge is -2.37. The molecule has 1 aliphatic carbocycles. The zero-order valence-corrected chi connectivity index (χ0v) is 12.6. The molecule has 2 rings (SSSR count). The summed E-state index contributed by atoms with van der Waals surface area (Å²) in [7, 11) is 0. The largest absolute Gasteiger partial charge is 0.370 e. The molecule has 110 valence electrons. The van der Waals surface area contributed by atoms with Crippen LogP contribution in [0.15, 0.2) is 4.99 Å². The van der Waals surface area contributed by atoms with Crippen molar-refractivity contribution in [1.82, 2.24) is 10.2 Å². The molecule has 4 heteroatoms. The summed E-state index contributed by atoms with van der Waals surface area (Å²) in [5.74, 6) is 1.46. The van der Waals surface area contributed by atoms with E-state index < -0.39 is 0 Å². The minimum absolute atomic E-state index is 0.499. The van der Waals surface area contributed by atoms with Crippen LogP contribution < -0.4 is 11.1 Å². The number of guanidine groups is 1. The van der Waals surface area contributed by atoms with Gasteiger partial charge in [0, 0.05) is 18.6 Å². The highest BCUT2D eigenvalue weighted by Crippen LogP contribution is 2.25. The Morgan fingerprint density at radius 3 is 2.74 bits per heavy atom. The van der Waals surface area contributed by atoms with E-state index in [2.05, 4.69) is 29.1 Å². The fraction of sp³-hybridized carbons (Fsp3) is 0.933. The molecule has 0 aromatic heterocycles. The number of nitrogens with two attached hydrogens (primary N) is 1. The van der Waals surface area contributed by atoms with Crippen LogP contribution in [0.1, 0.15) is 52.4 Å². The van der Waals surface area contributed by atoms with E-state index in [0.717, 1.165) is 19.0 Å². The zero-order chi connectivity index (χ0) is 13.7. The normalized spacial score (nSPS) is 27.9. The van der Waals surface area contributed by atoms with Crippen molar-refractivity contribution in [3.8, 4) is 0 Å². The van der Waals surface area contributed by atoms with Crippen molar-refractivity contribution in [3.05, 3.63) is 0 Å². The van der Waals surface area contributed by atoms with Crippen LogP contribution >= 0.6 is 0 Å². The monoisotopic (exact) mass is 266 g/mol. The molecule has 0 spiro atoms. The number of hydrogen-bond acceptors (Lipinski definition) is 2. The first-order valence-electron chi connectivity index (χ1n) is 7.96. The number of rotatable bonds is 5. The molecule has 0 radical (unpaired) electrons. The first kappa shape index (κ1) is 14.6. The van der Waals surface area contributed by atoms with Crippen LogP contribution in [0.2, 0.25) is 0 Å². The second kappa shape index (κ2) is 7.13. The van der Waals surface area contributed by atoms with Gasteiger partial charge < -0.3 is 11.1 Å². The number of nitrogens with zero attached hydrogens (tertiary/aromatic N) is 2. The lowest BCUT2D eigenvalue weighted by atomic mass is 9.85. The molecule has 0 aromatic carbocycles. The van der Waals surface area contributed by atoms with Gasteiger partial charge in [0.15, 0.2) is 5.96 Å². The summed E-state index contributed by atoms with van der Waals surface area (Å²) >= 11 is 0. The fourth-order valence-electron chi connectivity index (χ4n) is 3.11. The maximum Gasteiger partial charge on any atom is 0.188 e. The zero-order valence-electron chi connectivity index (χ0n) is 12.6. The Kier molecular flexibility index (Phi) is 5.49. The second-order valence-corrected chi connectivity index (χ2v) is 6.34. The number of likely N-dealkylation sites (tertiary alicyclic amines) is 1. The maximum atomic E-state index is 5.93. The van der Waals surface area contributed by atoms with Gasteiger partial charge in [0.2, 0.25) is 0 Å². The van der Waals surface area contributed by atoms with Crippen LogP contribution in [0.3, 0.4) is 0 Å². The topological polar surface area (TPSA) is 53.6 Å². The highest BCUT2D eigenvalue weighted by Gasteiger charge is 2.22. The third kappa shape index (κ3) is 4.37. The van der Waals surface area contributed by atoms with Gasteiger partial charge >= 0.3 is 0 Å². The van der Waals surface area contributed by atoms with Crippen molar-refractivity contribution in [3.63, 3.8) is 0 Å². The molecule has 2 atom stereocenters. The Balaban J connectivity index is 1.69. The summed E-state index contributed by atoms with van der Waals surface area (Å²) in [6.45, 7) is 7.63. The van der Waals surface area contributed by atoms with Gasteiger partial charge in [-0.1, -0.05) is 12.8 Å². The minimum Gasteiger partial charge on any atom is -0.370 e. The summed E-state index contributed by atoms with van der Waals surface area (Å²) in [5, 5.41) is 3.26. The van der Waals surface area contributed by atoms with E-state index in [1.54, 1.807) is 0 Å². The molecule has 3 N–H and O–H groups in total. The standard InChI is InChI=1S/C15H30N4/c1-12-6-3-4-9-19(12)13(2)10-17-15(16)18-11-14-7-5-8-14/h12-14H,3-11H2,1-2H3,(H3,16,17,18). The van der Waals surface area contributed by atoms with Crippen molar-refractivity contribution in [1.29, 1.82) is 0 Å². The minimum atomic E-state index is 0.499. The van der Waals surface area contributed by atoms with Gasteiger partial charge in [-0.3, -0.25) is 9.89 Å². The highest BCUT2D eigenvalue weighted by atomic mass is 15.2. The van der Waals surface area contributed by atoms with E-state index in [1.165, 1.54) is 45.1 Å². The van der Waals surface area contributed by atoms with Crippen LogP contribution in [0.25, 0.3) is 0 Å². The van der Waals surface area contributed by atoms with Gasteiger partial charge in [-0.15, -0.1) is 0 Å². The van der Waals surface area contributed by atoms with Crippen LogP contribution in [0.4, 0.5) is 0 Å². The molecule has 1 heterocycles. The SMILES string of the molecule is CC1CCCCN1C(C)CN=C(N)NCC1CCC1. The number of piperidine rings is 1. The van der Waals surface area contributed by atoms with Gasteiger partial charge in [-0.25, -0.2) is 0 Å². The highest BCUT2D eigenvalue weighted by molar-refractivity contribution is 5.77. The lowest BCUT2D eigenvalue weighted by molar-refractivity contribution is 0.118. The first-order valence-corrected chi connectivity index (χ1v) is 7.96. The third-order valence-corrected chi connectivity index (χ3v) is 4.74. The van der Waals surface area contributed by atoms with Crippen molar-refractivity contribution < 1.29 is 0 Å². The number of aliphatic imine (C=N–C) groups is 1. The molecule has 2 aliphatic rings. The molecular formula is C15H30N4. The van der Waals surface area contributed by atoms with Gasteiger partial charge in [0.1, 0.15) is 0 Å². The molecule has 4 nitrogen and oxygen atoms in total. The number of hydrogen-bond donors (Lipinski definition) is 2. The summed E-state index contributed by atoms with van der Waals surface area (Å²) in [5.41, 5.74) is 5.93. The fourth-order valence-corrected chi connectivity index (χ4v) is 3.11. The van der Waals surface area contributed by atoms with Crippen LogP contribution in [-0.4, -0.2) is 42.6 Å². The van der Waals surface area contributed by atoms with E-state index in [4.69, 9.17) is 5.73 Å². The molecule has 1 aliphatic heterocycles. The predicted octanol–water partition coefficient (Wildman–Crippen LogP) is 1.95. The molecule has 0 bridgehead atoms. The number of nitrogens with one attached hydrogen (secondary N) is 1. The smallest absolute Gasteiger partial charge is 0.188 e. The summed E-state index contributed by atoms with van der Waals surface area (Å²) < 4.78 is 0. The predicted molar refractivity (Wildman–Crippen MR) is 81.3 cm³/mol. The van der Waals surface area contributed by atoms with Crippen LogP contribution in [-0.2, 0) is 0 Å². The van der Waals surface area contributed by atoms with Gasteiger partial charge in [-0.05, 0) is 52.0 Å². The van der Waals surface area contributed by atoms with E-state index in [1.807, 2.05) is 0 Å². The van der Waals surface area contributed by atoms with Crippen molar-refractivity contribution in [2.75, 3.05) is 19.6 Å². The van der Waals surface area contributed by atoms with E-state index in [9.17, 15) is 0 Å². The second-order valence-electron chi connectivity index (χ2n) is 6.34. The summed E-state index contributed by atoms with van der Waals surface area (Å²) in [6, 6.07) is 1.20. The molecule has 1 saturated carbocycles. The molecule has 2 fully saturated rings. The Morgan fingerprint density at radius 2 is 2.11 bits per heavy atom. The van der Waals surface area contributed by atoms with Crippen molar-refractivity contribution >= 4 is 5.96 Å². The van der Waals surface area contributed by atoms with E-state index in [-0.39, 0.29) is 0 Å². The lowest BCUT2D eigenvalue weighted by Crippen LogP contribution is -2.45. The maximum absolute atomic E-state index is 5.93. The molecule has 1 saturated heterocycles. The van der Waals surface area contributed by atoms with Crippen LogP contribution in [0, 0.1) is 5.92 Å². The molecule has 0 amide bonds. The van der Waals surface area contributed by atoms with Crippen molar-refractivity contribution in [2.45, 2.75) is 64.5 Å². The average Bonchev–Trinajstić information content (AvgIpc) is 2.34. The average molecular weight is 266 g/mol. The third-order valence-electron chi connectivity index (χ3n) is 4.74. The Bertz CT molecular complexity index is 299. The van der Waals surface area contributed by atoms with E-state index in [0.29, 0.717) is 18.0 Å². The molecule has 0 aromatic rings. The molecule has 2 unspecified atom stereocenters.